The minimum Gasteiger partial charge on any atom is -0.328 e. The summed E-state index contributed by atoms with van der Waals surface area (Å²) in [4.78, 5) is 30.6. The topological polar surface area (TPSA) is 79.8 Å². The summed E-state index contributed by atoms with van der Waals surface area (Å²) >= 11 is 0. The molecule has 1 aromatic carbocycles. The number of benzene rings is 1. The Morgan fingerprint density at radius 2 is 2.05 bits per heavy atom. The van der Waals surface area contributed by atoms with Crippen LogP contribution < -0.4 is 10.9 Å². The normalized spacial score (nSPS) is 10.7. The number of nitrogens with zero attached hydrogens (tertiary/aromatic N) is 2. The maximum absolute atomic E-state index is 12.3. The van der Waals surface area contributed by atoms with E-state index < -0.39 is 0 Å². The van der Waals surface area contributed by atoms with Crippen molar-refractivity contribution in [3.8, 4) is 0 Å². The van der Waals surface area contributed by atoms with Gasteiger partial charge < -0.3 is 9.55 Å². The lowest BCUT2D eigenvalue weighted by Gasteiger charge is -2.07. The number of carbonyl (C=O) groups excluding carboxylic acids is 1. The van der Waals surface area contributed by atoms with Crippen LogP contribution in [0.2, 0.25) is 0 Å². The van der Waals surface area contributed by atoms with E-state index in [-0.39, 0.29) is 11.5 Å². The number of amides is 1. The summed E-state index contributed by atoms with van der Waals surface area (Å²) in [5.74, 6) is 0.136. The minimum atomic E-state index is -0.313. The van der Waals surface area contributed by atoms with Crippen LogP contribution in [0.1, 0.15) is 10.4 Å². The molecule has 2 heterocycles. The van der Waals surface area contributed by atoms with E-state index in [9.17, 15) is 9.59 Å². The van der Waals surface area contributed by atoms with Gasteiger partial charge in [-0.1, -0.05) is 18.2 Å². The van der Waals surface area contributed by atoms with Crippen molar-refractivity contribution in [3.05, 3.63) is 58.8 Å². The maximum Gasteiger partial charge on any atom is 0.260 e. The quantitative estimate of drug-likeness (QED) is 0.739. The third-order valence-electron chi connectivity index (χ3n) is 3.10. The van der Waals surface area contributed by atoms with Gasteiger partial charge in [0.2, 0.25) is 5.95 Å². The average molecular weight is 268 g/mol. The molecular weight excluding hydrogens is 256 g/mol. The van der Waals surface area contributed by atoms with Crippen molar-refractivity contribution < 1.29 is 4.79 Å². The highest BCUT2D eigenvalue weighted by Gasteiger charge is 2.13. The molecule has 0 radical (unpaired) electrons. The van der Waals surface area contributed by atoms with E-state index in [2.05, 4.69) is 15.3 Å². The number of H-pyrrole nitrogens is 1. The Bertz CT molecular complexity index is 848. The SMILES string of the molecule is Cn1ccnc1NC(=O)c1c[nH]c(=O)c2ccccc12. The molecule has 0 bridgehead atoms. The monoisotopic (exact) mass is 268 g/mol. The number of rotatable bonds is 2. The van der Waals surface area contributed by atoms with Gasteiger partial charge >= 0.3 is 0 Å². The summed E-state index contributed by atoms with van der Waals surface area (Å²) in [5.41, 5.74) is 0.192. The first-order valence-electron chi connectivity index (χ1n) is 6.06. The van der Waals surface area contributed by atoms with Crippen LogP contribution in [0.15, 0.2) is 47.7 Å². The molecule has 0 fully saturated rings. The second kappa shape index (κ2) is 4.65. The molecule has 0 aliphatic rings. The zero-order valence-electron chi connectivity index (χ0n) is 10.8. The number of anilines is 1. The van der Waals surface area contributed by atoms with Crippen molar-refractivity contribution in [2.24, 2.45) is 7.05 Å². The van der Waals surface area contributed by atoms with Gasteiger partial charge in [0.1, 0.15) is 0 Å². The number of aryl methyl sites for hydroxylation is 1. The van der Waals surface area contributed by atoms with Gasteiger partial charge in [0, 0.05) is 36.4 Å². The molecule has 3 aromatic rings. The van der Waals surface area contributed by atoms with Gasteiger partial charge in [0.15, 0.2) is 0 Å². The summed E-state index contributed by atoms with van der Waals surface area (Å²) in [7, 11) is 1.79. The fraction of sp³-hybridized carbons (Fsp3) is 0.0714. The number of aromatic nitrogens is 3. The lowest BCUT2D eigenvalue weighted by atomic mass is 10.1. The third-order valence-corrected chi connectivity index (χ3v) is 3.10. The number of hydrogen-bond donors (Lipinski definition) is 2. The lowest BCUT2D eigenvalue weighted by Crippen LogP contribution is -2.18. The highest BCUT2D eigenvalue weighted by atomic mass is 16.2. The number of nitrogens with one attached hydrogen (secondary N) is 2. The lowest BCUT2D eigenvalue weighted by molar-refractivity contribution is 0.102. The smallest absolute Gasteiger partial charge is 0.260 e. The van der Waals surface area contributed by atoms with Crippen LogP contribution in [-0.4, -0.2) is 20.4 Å². The van der Waals surface area contributed by atoms with E-state index in [1.165, 1.54) is 6.20 Å². The van der Waals surface area contributed by atoms with Gasteiger partial charge in [0.25, 0.3) is 11.5 Å². The molecule has 20 heavy (non-hydrogen) atoms. The van der Waals surface area contributed by atoms with Crippen LogP contribution in [0.4, 0.5) is 5.95 Å². The predicted octanol–water partition coefficient (Wildman–Crippen LogP) is 1.51. The predicted molar refractivity (Wildman–Crippen MR) is 75.7 cm³/mol. The largest absolute Gasteiger partial charge is 0.328 e. The molecule has 100 valence electrons. The summed E-state index contributed by atoms with van der Waals surface area (Å²) in [6.07, 6.45) is 4.75. The second-order valence-corrected chi connectivity index (χ2v) is 4.39. The number of hydrogen-bond acceptors (Lipinski definition) is 3. The van der Waals surface area contributed by atoms with Gasteiger partial charge in [0.05, 0.1) is 5.56 Å². The van der Waals surface area contributed by atoms with Crippen LogP contribution >= 0.6 is 0 Å². The standard InChI is InChI=1S/C14H12N4O2/c1-18-7-6-15-14(18)17-13(20)11-8-16-12(19)10-5-3-2-4-9(10)11/h2-8H,1H3,(H,16,19)(H,15,17,20). The molecule has 0 aliphatic heterocycles. The molecule has 0 saturated carbocycles. The first-order valence-corrected chi connectivity index (χ1v) is 6.06. The van der Waals surface area contributed by atoms with E-state index in [0.717, 1.165) is 0 Å². The fourth-order valence-corrected chi connectivity index (χ4v) is 2.05. The van der Waals surface area contributed by atoms with Crippen LogP contribution in [0.5, 0.6) is 0 Å². The highest BCUT2D eigenvalue weighted by molar-refractivity contribution is 6.11. The van der Waals surface area contributed by atoms with Crippen molar-refractivity contribution in [1.29, 1.82) is 0 Å². The average Bonchev–Trinajstić information content (AvgIpc) is 2.85. The number of fused-ring (bicyclic) bond motifs is 1. The van der Waals surface area contributed by atoms with E-state index in [1.54, 1.807) is 48.3 Å². The third kappa shape index (κ3) is 1.97. The molecule has 0 spiro atoms. The number of pyridine rings is 1. The van der Waals surface area contributed by atoms with Gasteiger partial charge in [-0.25, -0.2) is 4.98 Å². The van der Waals surface area contributed by atoms with Gasteiger partial charge in [-0.15, -0.1) is 0 Å². The number of aromatic amines is 1. The van der Waals surface area contributed by atoms with Crippen LogP contribution in [-0.2, 0) is 7.05 Å². The summed E-state index contributed by atoms with van der Waals surface area (Å²) < 4.78 is 1.70. The van der Waals surface area contributed by atoms with Crippen molar-refractivity contribution in [2.45, 2.75) is 0 Å². The van der Waals surface area contributed by atoms with Gasteiger partial charge in [-0.2, -0.15) is 0 Å². The van der Waals surface area contributed by atoms with Crippen molar-refractivity contribution in [2.75, 3.05) is 5.32 Å². The number of carbonyl (C=O) groups is 1. The molecule has 3 rings (SSSR count). The molecule has 6 heteroatoms. The van der Waals surface area contributed by atoms with E-state index in [4.69, 9.17) is 0 Å². The molecule has 6 nitrogen and oxygen atoms in total. The molecule has 0 unspecified atom stereocenters. The highest BCUT2D eigenvalue weighted by Crippen LogP contribution is 2.15. The summed E-state index contributed by atoms with van der Waals surface area (Å²) in [6.45, 7) is 0. The Labute approximate surface area is 114 Å². The second-order valence-electron chi connectivity index (χ2n) is 4.39. The minimum absolute atomic E-state index is 0.214. The van der Waals surface area contributed by atoms with Crippen molar-refractivity contribution in [1.82, 2.24) is 14.5 Å². The molecular formula is C14H12N4O2. The van der Waals surface area contributed by atoms with Gasteiger partial charge in [-0.05, 0) is 6.07 Å². The summed E-state index contributed by atoms with van der Waals surface area (Å²) in [5, 5.41) is 3.81. The zero-order chi connectivity index (χ0) is 14.1. The first kappa shape index (κ1) is 12.2. The number of imidazole rings is 1. The van der Waals surface area contributed by atoms with E-state index in [1.807, 2.05) is 0 Å². The Balaban J connectivity index is 2.06. The zero-order valence-corrected chi connectivity index (χ0v) is 10.8. The first-order chi connectivity index (χ1) is 9.66. The maximum atomic E-state index is 12.3. The Kier molecular flexibility index (Phi) is 2.83. The summed E-state index contributed by atoms with van der Waals surface area (Å²) in [6, 6.07) is 6.99. The van der Waals surface area contributed by atoms with Crippen LogP contribution in [0.25, 0.3) is 10.8 Å². The van der Waals surface area contributed by atoms with Crippen LogP contribution in [0, 0.1) is 0 Å². The van der Waals surface area contributed by atoms with Crippen molar-refractivity contribution in [3.63, 3.8) is 0 Å². The van der Waals surface area contributed by atoms with Gasteiger partial charge in [-0.3, -0.25) is 14.9 Å². The Hall–Kier alpha value is -2.89. The molecule has 2 aromatic heterocycles. The Morgan fingerprint density at radius 1 is 1.30 bits per heavy atom. The molecule has 2 N–H and O–H groups in total. The molecule has 1 amide bonds. The fourth-order valence-electron chi connectivity index (χ4n) is 2.05. The van der Waals surface area contributed by atoms with E-state index in [0.29, 0.717) is 22.3 Å². The van der Waals surface area contributed by atoms with Crippen molar-refractivity contribution >= 4 is 22.6 Å². The van der Waals surface area contributed by atoms with E-state index >= 15 is 0 Å². The molecule has 0 aliphatic carbocycles. The van der Waals surface area contributed by atoms with Crippen LogP contribution in [0.3, 0.4) is 0 Å². The molecule has 0 atom stereocenters. The Morgan fingerprint density at radius 3 is 2.75 bits per heavy atom. The molecule has 0 saturated heterocycles.